The first-order chi connectivity index (χ1) is 7.77. The Labute approximate surface area is 99.0 Å². The summed E-state index contributed by atoms with van der Waals surface area (Å²) in [6.07, 6.45) is 5.32. The molecule has 0 bridgehead atoms. The van der Waals surface area contributed by atoms with Crippen LogP contribution in [0.2, 0.25) is 0 Å². The van der Waals surface area contributed by atoms with E-state index >= 15 is 0 Å². The standard InChI is InChI=1S/C11H15N3OS/c12-10-3-4-13-6-9(10)11(15)14-8-2-1-5-16-7-8/h3-4,6,8H,1-2,5,7H2,(H2,12,13)(H,14,15). The average molecular weight is 237 g/mol. The molecule has 86 valence electrons. The van der Waals surface area contributed by atoms with Crippen molar-refractivity contribution in [3.8, 4) is 0 Å². The average Bonchev–Trinajstić information content (AvgIpc) is 2.31. The highest BCUT2D eigenvalue weighted by Crippen LogP contribution is 2.18. The first kappa shape index (κ1) is 11.3. The van der Waals surface area contributed by atoms with Crippen molar-refractivity contribution >= 4 is 23.4 Å². The van der Waals surface area contributed by atoms with Crippen molar-refractivity contribution in [3.05, 3.63) is 24.0 Å². The van der Waals surface area contributed by atoms with Gasteiger partial charge in [-0.15, -0.1) is 0 Å². The highest BCUT2D eigenvalue weighted by molar-refractivity contribution is 7.99. The second-order valence-electron chi connectivity index (χ2n) is 3.85. The highest BCUT2D eigenvalue weighted by atomic mass is 32.2. The van der Waals surface area contributed by atoms with E-state index < -0.39 is 0 Å². The Kier molecular flexibility index (Phi) is 3.66. The van der Waals surface area contributed by atoms with Crippen LogP contribution in [0.15, 0.2) is 18.5 Å². The number of amides is 1. The van der Waals surface area contributed by atoms with Gasteiger partial charge >= 0.3 is 0 Å². The lowest BCUT2D eigenvalue weighted by atomic mass is 10.1. The predicted octanol–water partition coefficient (Wildman–Crippen LogP) is 1.29. The van der Waals surface area contributed by atoms with Gasteiger partial charge in [0.2, 0.25) is 0 Å². The number of nitrogen functional groups attached to an aromatic ring is 1. The first-order valence-electron chi connectivity index (χ1n) is 5.35. The molecule has 1 aromatic heterocycles. The summed E-state index contributed by atoms with van der Waals surface area (Å²) < 4.78 is 0. The molecule has 16 heavy (non-hydrogen) atoms. The van der Waals surface area contributed by atoms with E-state index in [0.717, 1.165) is 18.6 Å². The van der Waals surface area contributed by atoms with Gasteiger partial charge in [-0.25, -0.2) is 0 Å². The molecule has 3 N–H and O–H groups in total. The zero-order valence-corrected chi connectivity index (χ0v) is 9.80. The number of carbonyl (C=O) groups is 1. The Balaban J connectivity index is 2.00. The number of pyridine rings is 1. The molecule has 4 nitrogen and oxygen atoms in total. The topological polar surface area (TPSA) is 68.0 Å². The van der Waals surface area contributed by atoms with E-state index in [1.807, 2.05) is 11.8 Å². The van der Waals surface area contributed by atoms with Gasteiger partial charge in [-0.3, -0.25) is 9.78 Å². The van der Waals surface area contributed by atoms with Gasteiger partial charge in [0.25, 0.3) is 5.91 Å². The van der Waals surface area contributed by atoms with Crippen LogP contribution in [0.4, 0.5) is 5.69 Å². The van der Waals surface area contributed by atoms with Crippen LogP contribution in [0.3, 0.4) is 0 Å². The molecule has 1 aliphatic heterocycles. The summed E-state index contributed by atoms with van der Waals surface area (Å²) in [6.45, 7) is 0. The lowest BCUT2D eigenvalue weighted by Gasteiger charge is -2.22. The number of thioether (sulfide) groups is 1. The summed E-state index contributed by atoms with van der Waals surface area (Å²) in [6, 6.07) is 1.91. The van der Waals surface area contributed by atoms with E-state index in [1.54, 1.807) is 12.3 Å². The number of nitrogens with two attached hydrogens (primary N) is 1. The summed E-state index contributed by atoms with van der Waals surface area (Å²) in [4.78, 5) is 15.8. The van der Waals surface area contributed by atoms with Crippen LogP contribution in [0.1, 0.15) is 23.2 Å². The quantitative estimate of drug-likeness (QED) is 0.813. The third-order valence-corrected chi connectivity index (χ3v) is 3.81. The van der Waals surface area contributed by atoms with Gasteiger partial charge < -0.3 is 11.1 Å². The molecule has 1 amide bonds. The first-order valence-corrected chi connectivity index (χ1v) is 6.51. The van der Waals surface area contributed by atoms with Crippen LogP contribution in [-0.4, -0.2) is 28.4 Å². The van der Waals surface area contributed by atoms with Gasteiger partial charge in [-0.1, -0.05) is 0 Å². The van der Waals surface area contributed by atoms with E-state index in [-0.39, 0.29) is 11.9 Å². The fraction of sp³-hybridized carbons (Fsp3) is 0.455. The second-order valence-corrected chi connectivity index (χ2v) is 5.00. The fourth-order valence-electron chi connectivity index (χ4n) is 1.71. The van der Waals surface area contributed by atoms with Gasteiger partial charge in [0.05, 0.1) is 5.56 Å². The van der Waals surface area contributed by atoms with E-state index in [2.05, 4.69) is 10.3 Å². The number of anilines is 1. The molecule has 1 aromatic rings. The molecule has 1 unspecified atom stereocenters. The van der Waals surface area contributed by atoms with Crippen LogP contribution in [0, 0.1) is 0 Å². The monoisotopic (exact) mass is 237 g/mol. The van der Waals surface area contributed by atoms with Crippen molar-refractivity contribution in [1.82, 2.24) is 10.3 Å². The van der Waals surface area contributed by atoms with Gasteiger partial charge in [0, 0.05) is 29.9 Å². The lowest BCUT2D eigenvalue weighted by molar-refractivity contribution is 0.0939. The van der Waals surface area contributed by atoms with Crippen LogP contribution in [-0.2, 0) is 0 Å². The Hall–Kier alpha value is -1.23. The summed E-state index contributed by atoms with van der Waals surface area (Å²) in [5.41, 5.74) is 6.67. The molecular weight excluding hydrogens is 222 g/mol. The molecule has 0 aliphatic carbocycles. The normalized spacial score (nSPS) is 20.4. The number of rotatable bonds is 2. The van der Waals surface area contributed by atoms with E-state index in [1.165, 1.54) is 11.9 Å². The van der Waals surface area contributed by atoms with Crippen molar-refractivity contribution in [1.29, 1.82) is 0 Å². The van der Waals surface area contributed by atoms with Crippen molar-refractivity contribution in [2.75, 3.05) is 17.2 Å². The fourth-order valence-corrected chi connectivity index (χ4v) is 2.78. The zero-order chi connectivity index (χ0) is 11.4. The second kappa shape index (κ2) is 5.21. The van der Waals surface area contributed by atoms with Gasteiger partial charge in [0.1, 0.15) is 0 Å². The third-order valence-electron chi connectivity index (χ3n) is 2.59. The molecule has 1 aliphatic rings. The van der Waals surface area contributed by atoms with Gasteiger partial charge in [-0.2, -0.15) is 11.8 Å². The third kappa shape index (κ3) is 2.66. The molecule has 5 heteroatoms. The minimum absolute atomic E-state index is 0.113. The van der Waals surface area contributed by atoms with Crippen molar-refractivity contribution in [2.24, 2.45) is 0 Å². The summed E-state index contributed by atoms with van der Waals surface area (Å²) in [5, 5.41) is 3.00. The summed E-state index contributed by atoms with van der Waals surface area (Å²) in [5.74, 6) is 2.07. The maximum atomic E-state index is 11.9. The predicted molar refractivity (Wildman–Crippen MR) is 66.5 cm³/mol. The van der Waals surface area contributed by atoms with Crippen LogP contribution >= 0.6 is 11.8 Å². The van der Waals surface area contributed by atoms with E-state index in [9.17, 15) is 4.79 Å². The maximum Gasteiger partial charge on any atom is 0.255 e. The minimum Gasteiger partial charge on any atom is -0.398 e. The minimum atomic E-state index is -0.113. The Morgan fingerprint density at radius 1 is 1.62 bits per heavy atom. The molecular formula is C11H15N3OS. The number of nitrogens with zero attached hydrogens (tertiary/aromatic N) is 1. The Morgan fingerprint density at radius 3 is 3.19 bits per heavy atom. The molecule has 0 saturated carbocycles. The lowest BCUT2D eigenvalue weighted by Crippen LogP contribution is -2.38. The van der Waals surface area contributed by atoms with E-state index in [4.69, 9.17) is 5.73 Å². The summed E-state index contributed by atoms with van der Waals surface area (Å²) >= 11 is 1.88. The molecule has 1 fully saturated rings. The zero-order valence-electron chi connectivity index (χ0n) is 8.98. The smallest absolute Gasteiger partial charge is 0.255 e. The number of aromatic nitrogens is 1. The van der Waals surface area contributed by atoms with Crippen LogP contribution in [0.5, 0.6) is 0 Å². The van der Waals surface area contributed by atoms with Gasteiger partial charge in [0.15, 0.2) is 0 Å². The van der Waals surface area contributed by atoms with E-state index in [0.29, 0.717) is 11.3 Å². The SMILES string of the molecule is Nc1ccncc1C(=O)NC1CCCSC1. The molecule has 1 saturated heterocycles. The molecule has 0 spiro atoms. The maximum absolute atomic E-state index is 11.9. The number of hydrogen-bond acceptors (Lipinski definition) is 4. The number of nitrogens with one attached hydrogen (secondary N) is 1. The van der Waals surface area contributed by atoms with Crippen LogP contribution < -0.4 is 11.1 Å². The number of carbonyl (C=O) groups excluding carboxylic acids is 1. The highest BCUT2D eigenvalue weighted by Gasteiger charge is 2.18. The molecule has 1 atom stereocenters. The molecule has 2 rings (SSSR count). The Morgan fingerprint density at radius 2 is 2.50 bits per heavy atom. The molecule has 0 radical (unpaired) electrons. The van der Waals surface area contributed by atoms with Crippen molar-refractivity contribution in [3.63, 3.8) is 0 Å². The van der Waals surface area contributed by atoms with Crippen molar-refractivity contribution < 1.29 is 4.79 Å². The largest absolute Gasteiger partial charge is 0.398 e. The summed E-state index contributed by atoms with van der Waals surface area (Å²) in [7, 11) is 0. The molecule has 0 aromatic carbocycles. The van der Waals surface area contributed by atoms with Gasteiger partial charge in [-0.05, 0) is 24.7 Å². The van der Waals surface area contributed by atoms with Crippen LogP contribution in [0.25, 0.3) is 0 Å². The number of hydrogen-bond donors (Lipinski definition) is 2. The molecule has 2 heterocycles. The van der Waals surface area contributed by atoms with Crippen molar-refractivity contribution in [2.45, 2.75) is 18.9 Å². The Bertz CT molecular complexity index is 377.